The van der Waals surface area contributed by atoms with Crippen molar-refractivity contribution in [3.63, 3.8) is 0 Å². The number of nitrogens with zero attached hydrogens (tertiary/aromatic N) is 1. The minimum atomic E-state index is -1.54. The molecule has 4 atom stereocenters. The fourth-order valence-electron chi connectivity index (χ4n) is 3.03. The molecule has 35 heavy (non-hydrogen) atoms. The van der Waals surface area contributed by atoms with Gasteiger partial charge in [0.2, 0.25) is 23.6 Å². The SMILES string of the molecule is CC(C)CC(NC(=O)C(CC(N)=O)NC(=O)C(N)CC(=O)O)C(=O)NC(Cc1cnc[nH]1)C(=O)O. The zero-order valence-corrected chi connectivity index (χ0v) is 19.3. The van der Waals surface area contributed by atoms with Gasteiger partial charge < -0.3 is 42.6 Å². The van der Waals surface area contributed by atoms with Gasteiger partial charge in [0.05, 0.1) is 25.2 Å². The molecule has 4 unspecified atom stereocenters. The summed E-state index contributed by atoms with van der Waals surface area (Å²) in [6.07, 6.45) is 1.40. The normalized spacial score (nSPS) is 14.3. The van der Waals surface area contributed by atoms with Crippen LogP contribution in [0.5, 0.6) is 0 Å². The van der Waals surface area contributed by atoms with Crippen molar-refractivity contribution in [3.8, 4) is 0 Å². The number of aromatic amines is 1. The smallest absolute Gasteiger partial charge is 0.326 e. The van der Waals surface area contributed by atoms with Crippen LogP contribution >= 0.6 is 0 Å². The lowest BCUT2D eigenvalue weighted by molar-refractivity contribution is -0.142. The Hall–Kier alpha value is -4.01. The van der Waals surface area contributed by atoms with Crippen molar-refractivity contribution in [2.45, 2.75) is 63.7 Å². The average Bonchev–Trinajstić information content (AvgIpc) is 3.24. The molecule has 1 aromatic rings. The Morgan fingerprint density at radius 3 is 2.00 bits per heavy atom. The van der Waals surface area contributed by atoms with E-state index in [-0.39, 0.29) is 18.8 Å². The highest BCUT2D eigenvalue weighted by atomic mass is 16.4. The number of imidazole rings is 1. The third-order valence-corrected chi connectivity index (χ3v) is 4.70. The van der Waals surface area contributed by atoms with E-state index in [1.807, 2.05) is 0 Å². The highest BCUT2D eigenvalue weighted by Crippen LogP contribution is 2.08. The summed E-state index contributed by atoms with van der Waals surface area (Å²) in [6.45, 7) is 3.53. The molecule has 1 aromatic heterocycles. The number of carboxylic acids is 2. The van der Waals surface area contributed by atoms with E-state index in [2.05, 4.69) is 25.9 Å². The number of aromatic nitrogens is 2. The van der Waals surface area contributed by atoms with E-state index in [0.29, 0.717) is 5.69 Å². The molecule has 0 aliphatic rings. The number of amides is 4. The van der Waals surface area contributed by atoms with Crippen molar-refractivity contribution in [2.24, 2.45) is 17.4 Å². The fraction of sp³-hybridized carbons (Fsp3) is 0.550. The Kier molecular flexibility index (Phi) is 11.3. The van der Waals surface area contributed by atoms with Gasteiger partial charge in [-0.2, -0.15) is 0 Å². The zero-order valence-electron chi connectivity index (χ0n) is 19.3. The van der Waals surface area contributed by atoms with Gasteiger partial charge in [-0.1, -0.05) is 13.8 Å². The second-order valence-corrected chi connectivity index (χ2v) is 8.31. The summed E-state index contributed by atoms with van der Waals surface area (Å²) in [5, 5.41) is 25.2. The second-order valence-electron chi connectivity index (χ2n) is 8.31. The summed E-state index contributed by atoms with van der Waals surface area (Å²) in [4.78, 5) is 78.2. The van der Waals surface area contributed by atoms with Crippen LogP contribution in [0, 0.1) is 5.92 Å². The van der Waals surface area contributed by atoms with E-state index in [1.54, 1.807) is 13.8 Å². The van der Waals surface area contributed by atoms with Crippen molar-refractivity contribution in [1.82, 2.24) is 25.9 Å². The molecule has 0 spiro atoms. The highest BCUT2D eigenvalue weighted by molar-refractivity contribution is 5.96. The standard InChI is InChI=1S/C20H31N7O8/c1-9(2)3-12(18(32)27-14(20(34)35)4-10-7-23-8-24-10)26-19(33)13(6-15(22)28)25-17(31)11(21)5-16(29)30/h7-9,11-14H,3-6,21H2,1-2H3,(H2,22,28)(H,23,24)(H,25,31)(H,26,33)(H,27,32)(H,29,30)(H,34,35). The third-order valence-electron chi connectivity index (χ3n) is 4.70. The molecular weight excluding hydrogens is 466 g/mol. The summed E-state index contributed by atoms with van der Waals surface area (Å²) in [7, 11) is 0. The van der Waals surface area contributed by atoms with Crippen LogP contribution in [0.2, 0.25) is 0 Å². The average molecular weight is 498 g/mol. The molecule has 0 saturated carbocycles. The molecule has 0 aromatic carbocycles. The number of carbonyl (C=O) groups excluding carboxylic acids is 4. The minimum absolute atomic E-state index is 0.0920. The van der Waals surface area contributed by atoms with Gasteiger partial charge in [-0.15, -0.1) is 0 Å². The molecule has 1 rings (SSSR count). The molecular formula is C20H31N7O8. The molecule has 4 amide bonds. The number of primary amides is 1. The molecule has 15 nitrogen and oxygen atoms in total. The quantitative estimate of drug-likeness (QED) is 0.123. The number of carboxylic acid groups (broad SMARTS) is 2. The number of hydrogen-bond acceptors (Lipinski definition) is 8. The molecule has 0 aliphatic carbocycles. The van der Waals surface area contributed by atoms with Crippen LogP contribution in [0.1, 0.15) is 38.8 Å². The van der Waals surface area contributed by atoms with Gasteiger partial charge in [-0.25, -0.2) is 9.78 Å². The fourth-order valence-corrected chi connectivity index (χ4v) is 3.03. The predicted molar refractivity (Wildman–Crippen MR) is 119 cm³/mol. The first-order chi connectivity index (χ1) is 16.3. The molecule has 0 aliphatic heterocycles. The maximum Gasteiger partial charge on any atom is 0.326 e. The summed E-state index contributed by atoms with van der Waals surface area (Å²) >= 11 is 0. The number of carbonyl (C=O) groups is 6. The van der Waals surface area contributed by atoms with Gasteiger partial charge in [-0.3, -0.25) is 24.0 Å². The minimum Gasteiger partial charge on any atom is -0.481 e. The first-order valence-corrected chi connectivity index (χ1v) is 10.7. The van der Waals surface area contributed by atoms with E-state index in [1.165, 1.54) is 12.5 Å². The molecule has 194 valence electrons. The van der Waals surface area contributed by atoms with Crippen molar-refractivity contribution in [3.05, 3.63) is 18.2 Å². The summed E-state index contributed by atoms with van der Waals surface area (Å²) in [6, 6.07) is -5.58. The Balaban J connectivity index is 2.99. The first-order valence-electron chi connectivity index (χ1n) is 10.7. The number of H-pyrrole nitrogens is 1. The van der Waals surface area contributed by atoms with Gasteiger partial charge in [0.1, 0.15) is 18.1 Å². The molecule has 0 saturated heterocycles. The topological polar surface area (TPSA) is 260 Å². The maximum absolute atomic E-state index is 12.9. The monoisotopic (exact) mass is 497 g/mol. The first kappa shape index (κ1) is 29.0. The van der Waals surface area contributed by atoms with Gasteiger partial charge in [0, 0.05) is 18.3 Å². The predicted octanol–water partition coefficient (Wildman–Crippen LogP) is -2.79. The van der Waals surface area contributed by atoms with Gasteiger partial charge in [0.25, 0.3) is 0 Å². The van der Waals surface area contributed by atoms with E-state index in [4.69, 9.17) is 16.6 Å². The lowest BCUT2D eigenvalue weighted by Gasteiger charge is -2.25. The lowest BCUT2D eigenvalue weighted by atomic mass is 10.0. The largest absolute Gasteiger partial charge is 0.481 e. The van der Waals surface area contributed by atoms with Crippen molar-refractivity contribution in [2.75, 3.05) is 0 Å². The summed E-state index contributed by atoms with van der Waals surface area (Å²) < 4.78 is 0. The lowest BCUT2D eigenvalue weighted by Crippen LogP contribution is -2.58. The molecule has 10 N–H and O–H groups in total. The molecule has 0 fully saturated rings. The maximum atomic E-state index is 12.9. The summed E-state index contributed by atoms with van der Waals surface area (Å²) in [5.74, 6) is -6.49. The molecule has 1 heterocycles. The number of rotatable bonds is 15. The number of nitrogens with two attached hydrogens (primary N) is 2. The Bertz CT molecular complexity index is 919. The molecule has 15 heteroatoms. The Morgan fingerprint density at radius 2 is 1.51 bits per heavy atom. The van der Waals surface area contributed by atoms with Crippen LogP contribution in [0.15, 0.2) is 12.5 Å². The highest BCUT2D eigenvalue weighted by Gasteiger charge is 2.32. The van der Waals surface area contributed by atoms with Crippen LogP contribution in [0.25, 0.3) is 0 Å². The second kappa shape index (κ2) is 13.6. The summed E-state index contributed by atoms with van der Waals surface area (Å²) in [5.41, 5.74) is 11.1. The number of hydrogen-bond donors (Lipinski definition) is 8. The van der Waals surface area contributed by atoms with Crippen LogP contribution in [0.3, 0.4) is 0 Å². The zero-order chi connectivity index (χ0) is 26.7. The van der Waals surface area contributed by atoms with Gasteiger partial charge in [0.15, 0.2) is 0 Å². The van der Waals surface area contributed by atoms with Crippen molar-refractivity contribution >= 4 is 35.6 Å². The third kappa shape index (κ3) is 10.6. The van der Waals surface area contributed by atoms with Crippen LogP contribution in [0.4, 0.5) is 0 Å². The van der Waals surface area contributed by atoms with E-state index in [9.17, 15) is 33.9 Å². The number of nitrogens with one attached hydrogen (secondary N) is 4. The van der Waals surface area contributed by atoms with Crippen LogP contribution in [-0.4, -0.2) is 79.9 Å². The Labute approximate surface area is 200 Å². The van der Waals surface area contributed by atoms with Crippen LogP contribution in [-0.2, 0) is 35.2 Å². The van der Waals surface area contributed by atoms with E-state index < -0.39 is 72.6 Å². The number of aliphatic carboxylic acids is 2. The van der Waals surface area contributed by atoms with Crippen molar-refractivity contribution < 1.29 is 39.0 Å². The van der Waals surface area contributed by atoms with Gasteiger partial charge >= 0.3 is 11.9 Å². The molecule has 0 bridgehead atoms. The van der Waals surface area contributed by atoms with Crippen LogP contribution < -0.4 is 27.4 Å². The van der Waals surface area contributed by atoms with Crippen molar-refractivity contribution in [1.29, 1.82) is 0 Å². The van der Waals surface area contributed by atoms with Gasteiger partial charge in [-0.05, 0) is 12.3 Å². The molecule has 0 radical (unpaired) electrons. The Morgan fingerprint density at radius 1 is 0.943 bits per heavy atom. The van der Waals surface area contributed by atoms with E-state index in [0.717, 1.165) is 0 Å². The van der Waals surface area contributed by atoms with E-state index >= 15 is 0 Å².